The van der Waals surface area contributed by atoms with Crippen molar-refractivity contribution < 1.29 is 18.4 Å². The molecule has 142 valence electrons. The maximum Gasteiger partial charge on any atom is 0.247 e. The molecule has 2 aromatic heterocycles. The van der Waals surface area contributed by atoms with Gasteiger partial charge in [-0.25, -0.2) is 0 Å². The van der Waals surface area contributed by atoms with Gasteiger partial charge < -0.3 is 18.6 Å². The fourth-order valence-electron chi connectivity index (χ4n) is 3.08. The third-order valence-electron chi connectivity index (χ3n) is 4.52. The van der Waals surface area contributed by atoms with Gasteiger partial charge >= 0.3 is 0 Å². The lowest BCUT2D eigenvalue weighted by molar-refractivity contribution is -0.136. The smallest absolute Gasteiger partial charge is 0.247 e. The van der Waals surface area contributed by atoms with Crippen molar-refractivity contribution in [2.45, 2.75) is 26.8 Å². The number of furan rings is 2. The zero-order valence-corrected chi connectivity index (χ0v) is 15.8. The number of nitrogens with zero attached hydrogens (tertiary/aromatic N) is 2. The van der Waals surface area contributed by atoms with Gasteiger partial charge in [0.05, 0.1) is 0 Å². The molecule has 2 aromatic rings. The molecule has 1 atom stereocenters. The number of hydrogen-bond donors (Lipinski definition) is 0. The molecule has 6 heteroatoms. The number of hydrogen-bond acceptors (Lipinski definition) is 4. The minimum absolute atomic E-state index is 0.0579. The van der Waals surface area contributed by atoms with E-state index in [1.54, 1.807) is 22.0 Å². The maximum absolute atomic E-state index is 12.4. The highest BCUT2D eigenvalue weighted by Crippen LogP contribution is 2.14. The van der Waals surface area contributed by atoms with Crippen molar-refractivity contribution in [2.24, 2.45) is 0 Å². The van der Waals surface area contributed by atoms with Gasteiger partial charge in [-0.15, -0.1) is 0 Å². The first kappa shape index (κ1) is 18.8. The molecular weight excluding hydrogens is 344 g/mol. The van der Waals surface area contributed by atoms with Crippen molar-refractivity contribution in [1.82, 2.24) is 9.80 Å². The molecule has 3 heterocycles. The normalized spacial score (nSPS) is 18.0. The largest absolute Gasteiger partial charge is 0.462 e. The van der Waals surface area contributed by atoms with Crippen molar-refractivity contribution in [2.75, 3.05) is 19.6 Å². The number of amides is 2. The summed E-state index contributed by atoms with van der Waals surface area (Å²) in [6, 6.07) is 7.30. The minimum atomic E-state index is -0.0791. The second kappa shape index (κ2) is 8.12. The van der Waals surface area contributed by atoms with Crippen LogP contribution in [0.1, 0.15) is 30.0 Å². The van der Waals surface area contributed by atoms with E-state index in [0.29, 0.717) is 31.2 Å². The molecule has 1 saturated heterocycles. The van der Waals surface area contributed by atoms with Crippen LogP contribution in [0.2, 0.25) is 0 Å². The van der Waals surface area contributed by atoms with E-state index in [4.69, 9.17) is 8.83 Å². The first-order chi connectivity index (χ1) is 12.9. The lowest BCUT2D eigenvalue weighted by atomic mass is 10.1. The van der Waals surface area contributed by atoms with Crippen LogP contribution in [0.3, 0.4) is 0 Å². The summed E-state index contributed by atoms with van der Waals surface area (Å²) in [5.74, 6) is 2.76. The standard InChI is InChI=1S/C21H24N2O4/c1-15-14-22(20(24)10-8-18-6-4-16(2)26-18)12-13-23(15)21(25)11-9-19-7-5-17(3)27-19/h4-11,15H,12-14H2,1-3H3/t15-/m0/s1. The van der Waals surface area contributed by atoms with E-state index in [0.717, 1.165) is 11.5 Å². The average Bonchev–Trinajstić information content (AvgIpc) is 3.25. The maximum atomic E-state index is 12.4. The first-order valence-electron chi connectivity index (χ1n) is 9.01. The molecule has 3 rings (SSSR count). The molecule has 0 unspecified atom stereocenters. The van der Waals surface area contributed by atoms with Crippen LogP contribution in [-0.2, 0) is 9.59 Å². The molecule has 0 saturated carbocycles. The van der Waals surface area contributed by atoms with E-state index in [9.17, 15) is 9.59 Å². The number of carbonyl (C=O) groups is 2. The molecule has 0 spiro atoms. The Labute approximate surface area is 158 Å². The summed E-state index contributed by atoms with van der Waals surface area (Å²) >= 11 is 0. The summed E-state index contributed by atoms with van der Waals surface area (Å²) in [6.45, 7) is 7.17. The van der Waals surface area contributed by atoms with Crippen molar-refractivity contribution in [1.29, 1.82) is 0 Å². The van der Waals surface area contributed by atoms with Gasteiger partial charge in [0.15, 0.2) is 0 Å². The van der Waals surface area contributed by atoms with E-state index in [1.807, 2.05) is 45.0 Å². The Morgan fingerprint density at radius 1 is 0.926 bits per heavy atom. The third-order valence-corrected chi connectivity index (χ3v) is 4.52. The van der Waals surface area contributed by atoms with Crippen LogP contribution in [0.5, 0.6) is 0 Å². The molecule has 0 radical (unpaired) electrons. The number of aryl methyl sites for hydroxylation is 2. The third kappa shape index (κ3) is 4.78. The van der Waals surface area contributed by atoms with E-state index < -0.39 is 0 Å². The Balaban J connectivity index is 1.55. The van der Waals surface area contributed by atoms with Gasteiger partial charge in [-0.2, -0.15) is 0 Å². The zero-order chi connectivity index (χ0) is 19.4. The molecular formula is C21H24N2O4. The van der Waals surface area contributed by atoms with Crippen molar-refractivity contribution in [3.8, 4) is 0 Å². The fraction of sp³-hybridized carbons (Fsp3) is 0.333. The van der Waals surface area contributed by atoms with Gasteiger partial charge in [0, 0.05) is 37.8 Å². The molecule has 0 bridgehead atoms. The average molecular weight is 368 g/mol. The van der Waals surface area contributed by atoms with Gasteiger partial charge in [0.1, 0.15) is 23.0 Å². The molecule has 1 fully saturated rings. The van der Waals surface area contributed by atoms with Crippen molar-refractivity contribution in [3.05, 3.63) is 59.5 Å². The molecule has 0 aliphatic carbocycles. The van der Waals surface area contributed by atoms with Crippen LogP contribution in [0.15, 0.2) is 45.3 Å². The van der Waals surface area contributed by atoms with Crippen molar-refractivity contribution >= 4 is 24.0 Å². The van der Waals surface area contributed by atoms with Gasteiger partial charge in [0.25, 0.3) is 0 Å². The lowest BCUT2D eigenvalue weighted by Crippen LogP contribution is -2.54. The SMILES string of the molecule is Cc1ccc(C=CC(=O)N2CCN(C(=O)C=Cc3ccc(C)o3)[C@@H](C)C2)o1. The number of carbonyl (C=O) groups excluding carboxylic acids is 2. The fourth-order valence-corrected chi connectivity index (χ4v) is 3.08. The number of rotatable bonds is 4. The van der Waals surface area contributed by atoms with Crippen molar-refractivity contribution in [3.63, 3.8) is 0 Å². The Hall–Kier alpha value is -3.02. The molecule has 1 aliphatic rings. The van der Waals surface area contributed by atoms with Gasteiger partial charge in [-0.1, -0.05) is 0 Å². The topological polar surface area (TPSA) is 66.9 Å². The Bertz CT molecular complexity index is 874. The summed E-state index contributed by atoms with van der Waals surface area (Å²) in [6.07, 6.45) is 6.38. The second-order valence-corrected chi connectivity index (χ2v) is 6.73. The highest BCUT2D eigenvalue weighted by molar-refractivity contribution is 5.93. The van der Waals surface area contributed by atoms with Gasteiger partial charge in [-0.3, -0.25) is 9.59 Å². The summed E-state index contributed by atoms with van der Waals surface area (Å²) in [7, 11) is 0. The summed E-state index contributed by atoms with van der Waals surface area (Å²) in [5, 5.41) is 0. The minimum Gasteiger partial charge on any atom is -0.462 e. The van der Waals surface area contributed by atoms with E-state index >= 15 is 0 Å². The molecule has 6 nitrogen and oxygen atoms in total. The van der Waals surface area contributed by atoms with Crippen LogP contribution < -0.4 is 0 Å². The van der Waals surface area contributed by atoms with E-state index in [1.165, 1.54) is 12.2 Å². The highest BCUT2D eigenvalue weighted by atomic mass is 16.3. The molecule has 0 N–H and O–H groups in total. The van der Waals surface area contributed by atoms with Gasteiger partial charge in [0.2, 0.25) is 11.8 Å². The molecule has 1 aliphatic heterocycles. The monoisotopic (exact) mass is 368 g/mol. The van der Waals surface area contributed by atoms with Crippen LogP contribution in [-0.4, -0.2) is 47.3 Å². The number of piperazine rings is 1. The summed E-state index contributed by atoms with van der Waals surface area (Å²) < 4.78 is 10.9. The van der Waals surface area contributed by atoms with Crippen LogP contribution in [0, 0.1) is 13.8 Å². The predicted octanol–water partition coefficient (Wildman–Crippen LogP) is 3.28. The lowest BCUT2D eigenvalue weighted by Gasteiger charge is -2.39. The summed E-state index contributed by atoms with van der Waals surface area (Å²) in [4.78, 5) is 28.4. The Morgan fingerprint density at radius 3 is 1.96 bits per heavy atom. The van der Waals surface area contributed by atoms with Crippen LogP contribution in [0.25, 0.3) is 12.2 Å². The molecule has 27 heavy (non-hydrogen) atoms. The van der Waals surface area contributed by atoms with Crippen LogP contribution in [0.4, 0.5) is 0 Å². The Morgan fingerprint density at radius 2 is 1.48 bits per heavy atom. The highest BCUT2D eigenvalue weighted by Gasteiger charge is 2.27. The molecule has 0 aromatic carbocycles. The zero-order valence-electron chi connectivity index (χ0n) is 15.8. The molecule has 2 amide bonds. The van der Waals surface area contributed by atoms with E-state index in [-0.39, 0.29) is 17.9 Å². The second-order valence-electron chi connectivity index (χ2n) is 6.73. The van der Waals surface area contributed by atoms with E-state index in [2.05, 4.69) is 0 Å². The summed E-state index contributed by atoms with van der Waals surface area (Å²) in [5.41, 5.74) is 0. The Kier molecular flexibility index (Phi) is 5.64. The van der Waals surface area contributed by atoms with Gasteiger partial charge in [-0.05, 0) is 57.2 Å². The van der Waals surface area contributed by atoms with Crippen LogP contribution >= 0.6 is 0 Å². The quantitative estimate of drug-likeness (QED) is 0.777. The first-order valence-corrected chi connectivity index (χ1v) is 9.01. The predicted molar refractivity (Wildman–Crippen MR) is 103 cm³/mol.